The van der Waals surface area contributed by atoms with Gasteiger partial charge in [-0.15, -0.1) is 0 Å². The van der Waals surface area contributed by atoms with Gasteiger partial charge in [-0.2, -0.15) is 0 Å². The molecule has 3 heterocycles. The van der Waals surface area contributed by atoms with E-state index in [1.54, 1.807) is 24.5 Å². The van der Waals surface area contributed by atoms with E-state index in [1.165, 1.54) is 0 Å². The SMILES string of the molecule is Cc1cccc2nc(-c3cccc(NC(=O)c4cccnc4)c3)cn12. The van der Waals surface area contributed by atoms with E-state index >= 15 is 0 Å². The fourth-order valence-corrected chi connectivity index (χ4v) is 2.74. The summed E-state index contributed by atoms with van der Waals surface area (Å²) in [5.41, 5.74) is 5.09. The molecule has 122 valence electrons. The van der Waals surface area contributed by atoms with Gasteiger partial charge in [0.05, 0.1) is 11.3 Å². The van der Waals surface area contributed by atoms with Crippen molar-refractivity contribution in [3.8, 4) is 11.3 Å². The summed E-state index contributed by atoms with van der Waals surface area (Å²) >= 11 is 0. The molecule has 0 aliphatic carbocycles. The number of fused-ring (bicyclic) bond motifs is 1. The Balaban J connectivity index is 1.64. The smallest absolute Gasteiger partial charge is 0.257 e. The summed E-state index contributed by atoms with van der Waals surface area (Å²) in [7, 11) is 0. The zero-order valence-electron chi connectivity index (χ0n) is 13.7. The van der Waals surface area contributed by atoms with E-state index in [1.807, 2.05) is 55.6 Å². The van der Waals surface area contributed by atoms with Crippen LogP contribution in [-0.2, 0) is 0 Å². The van der Waals surface area contributed by atoms with Crippen LogP contribution in [-0.4, -0.2) is 20.3 Å². The lowest BCUT2D eigenvalue weighted by Crippen LogP contribution is -2.11. The molecule has 0 radical (unpaired) electrons. The number of imidazole rings is 1. The fourth-order valence-electron chi connectivity index (χ4n) is 2.74. The molecule has 0 unspecified atom stereocenters. The molecular weight excluding hydrogens is 312 g/mol. The van der Waals surface area contributed by atoms with Crippen molar-refractivity contribution in [1.29, 1.82) is 0 Å². The fraction of sp³-hybridized carbons (Fsp3) is 0.0500. The average molecular weight is 328 g/mol. The molecule has 1 aromatic carbocycles. The Morgan fingerprint density at radius 2 is 1.96 bits per heavy atom. The molecule has 0 saturated heterocycles. The predicted molar refractivity (Wildman–Crippen MR) is 97.6 cm³/mol. The van der Waals surface area contributed by atoms with Crippen molar-refractivity contribution in [1.82, 2.24) is 14.4 Å². The van der Waals surface area contributed by atoms with Crippen LogP contribution in [0.25, 0.3) is 16.9 Å². The van der Waals surface area contributed by atoms with Gasteiger partial charge in [0.25, 0.3) is 5.91 Å². The maximum absolute atomic E-state index is 12.3. The van der Waals surface area contributed by atoms with Crippen LogP contribution >= 0.6 is 0 Å². The van der Waals surface area contributed by atoms with Crippen molar-refractivity contribution in [3.63, 3.8) is 0 Å². The van der Waals surface area contributed by atoms with Gasteiger partial charge in [-0.25, -0.2) is 4.98 Å². The molecule has 0 bridgehead atoms. The van der Waals surface area contributed by atoms with Crippen molar-refractivity contribution >= 4 is 17.2 Å². The summed E-state index contributed by atoms with van der Waals surface area (Å²) < 4.78 is 2.05. The molecule has 4 rings (SSSR count). The Kier molecular flexibility index (Phi) is 3.74. The van der Waals surface area contributed by atoms with Gasteiger partial charge in [0.2, 0.25) is 0 Å². The first-order valence-electron chi connectivity index (χ1n) is 7.97. The Morgan fingerprint density at radius 3 is 2.76 bits per heavy atom. The summed E-state index contributed by atoms with van der Waals surface area (Å²) in [6.07, 6.45) is 5.19. The molecule has 0 aliphatic rings. The highest BCUT2D eigenvalue weighted by atomic mass is 16.1. The number of nitrogens with one attached hydrogen (secondary N) is 1. The van der Waals surface area contributed by atoms with Gasteiger partial charge < -0.3 is 9.72 Å². The van der Waals surface area contributed by atoms with Crippen LogP contribution in [0.2, 0.25) is 0 Å². The molecule has 0 spiro atoms. The van der Waals surface area contributed by atoms with Crippen molar-refractivity contribution in [2.24, 2.45) is 0 Å². The molecule has 1 N–H and O–H groups in total. The van der Waals surface area contributed by atoms with Crippen LogP contribution < -0.4 is 5.32 Å². The number of carbonyl (C=O) groups is 1. The highest BCUT2D eigenvalue weighted by Gasteiger charge is 2.09. The Morgan fingerprint density at radius 1 is 1.08 bits per heavy atom. The minimum Gasteiger partial charge on any atom is -0.322 e. The topological polar surface area (TPSA) is 59.3 Å². The van der Waals surface area contributed by atoms with Gasteiger partial charge in [0.15, 0.2) is 0 Å². The molecule has 25 heavy (non-hydrogen) atoms. The third kappa shape index (κ3) is 2.99. The zero-order chi connectivity index (χ0) is 17.2. The number of rotatable bonds is 3. The predicted octanol–water partition coefficient (Wildman–Crippen LogP) is 3.96. The first kappa shape index (κ1) is 15.1. The Hall–Kier alpha value is -3.47. The molecule has 3 aromatic heterocycles. The van der Waals surface area contributed by atoms with Gasteiger partial charge >= 0.3 is 0 Å². The minimum atomic E-state index is -0.184. The second kappa shape index (κ2) is 6.20. The van der Waals surface area contributed by atoms with E-state index in [9.17, 15) is 4.79 Å². The molecule has 1 amide bonds. The van der Waals surface area contributed by atoms with Crippen molar-refractivity contribution in [3.05, 3.63) is 84.4 Å². The lowest BCUT2D eigenvalue weighted by Gasteiger charge is -2.06. The summed E-state index contributed by atoms with van der Waals surface area (Å²) in [6, 6.07) is 17.2. The number of benzene rings is 1. The van der Waals surface area contributed by atoms with E-state index in [0.717, 1.165) is 28.3 Å². The molecule has 0 aliphatic heterocycles. The van der Waals surface area contributed by atoms with Crippen LogP contribution in [0, 0.1) is 6.92 Å². The minimum absolute atomic E-state index is 0.184. The van der Waals surface area contributed by atoms with E-state index in [4.69, 9.17) is 0 Å². The van der Waals surface area contributed by atoms with Gasteiger partial charge in [-0.05, 0) is 43.3 Å². The maximum atomic E-state index is 12.3. The molecule has 0 atom stereocenters. The van der Waals surface area contributed by atoms with Crippen LogP contribution in [0.15, 0.2) is 73.2 Å². The monoisotopic (exact) mass is 328 g/mol. The van der Waals surface area contributed by atoms with Crippen LogP contribution in [0.1, 0.15) is 16.1 Å². The molecule has 5 nitrogen and oxygen atoms in total. The number of pyridine rings is 2. The summed E-state index contributed by atoms with van der Waals surface area (Å²) in [5, 5.41) is 2.90. The second-order valence-electron chi connectivity index (χ2n) is 5.80. The van der Waals surface area contributed by atoms with E-state index < -0.39 is 0 Å². The number of aromatic nitrogens is 3. The van der Waals surface area contributed by atoms with Gasteiger partial charge in [0, 0.05) is 35.5 Å². The number of nitrogens with zero attached hydrogens (tertiary/aromatic N) is 3. The second-order valence-corrected chi connectivity index (χ2v) is 5.80. The molecular formula is C20H16N4O. The maximum Gasteiger partial charge on any atom is 0.257 e. The van der Waals surface area contributed by atoms with Crippen LogP contribution in [0.3, 0.4) is 0 Å². The van der Waals surface area contributed by atoms with E-state index in [0.29, 0.717) is 5.56 Å². The first-order valence-corrected chi connectivity index (χ1v) is 7.97. The molecule has 0 saturated carbocycles. The highest BCUT2D eigenvalue weighted by molar-refractivity contribution is 6.04. The lowest BCUT2D eigenvalue weighted by atomic mass is 10.1. The van der Waals surface area contributed by atoms with E-state index in [-0.39, 0.29) is 5.91 Å². The largest absolute Gasteiger partial charge is 0.322 e. The normalized spacial score (nSPS) is 10.8. The third-order valence-corrected chi connectivity index (χ3v) is 4.04. The number of carbonyl (C=O) groups excluding carboxylic acids is 1. The third-order valence-electron chi connectivity index (χ3n) is 4.04. The Labute approximate surface area is 145 Å². The Bertz CT molecular complexity index is 1050. The first-order chi connectivity index (χ1) is 12.2. The van der Waals surface area contributed by atoms with Crippen molar-refractivity contribution in [2.75, 3.05) is 5.32 Å². The summed E-state index contributed by atoms with van der Waals surface area (Å²) in [4.78, 5) is 20.9. The standard InChI is InChI=1S/C20H16N4O/c1-14-5-2-9-19-23-18(13-24(14)19)15-6-3-8-17(11-15)22-20(25)16-7-4-10-21-12-16/h2-13H,1H3,(H,22,25). The number of anilines is 1. The number of amides is 1. The number of hydrogen-bond acceptors (Lipinski definition) is 3. The quantitative estimate of drug-likeness (QED) is 0.619. The van der Waals surface area contributed by atoms with Gasteiger partial charge in [0.1, 0.15) is 5.65 Å². The molecule has 5 heteroatoms. The molecule has 0 fully saturated rings. The van der Waals surface area contributed by atoms with Crippen LogP contribution in [0.4, 0.5) is 5.69 Å². The van der Waals surface area contributed by atoms with Crippen LogP contribution in [0.5, 0.6) is 0 Å². The summed E-state index contributed by atoms with van der Waals surface area (Å²) in [6.45, 7) is 2.04. The van der Waals surface area contributed by atoms with Gasteiger partial charge in [-0.1, -0.05) is 18.2 Å². The van der Waals surface area contributed by atoms with Gasteiger partial charge in [-0.3, -0.25) is 9.78 Å². The summed E-state index contributed by atoms with van der Waals surface area (Å²) in [5.74, 6) is -0.184. The molecule has 4 aromatic rings. The van der Waals surface area contributed by atoms with Crippen molar-refractivity contribution < 1.29 is 4.79 Å². The number of aryl methyl sites for hydroxylation is 1. The number of hydrogen-bond donors (Lipinski definition) is 1. The highest BCUT2D eigenvalue weighted by Crippen LogP contribution is 2.23. The average Bonchev–Trinajstić information content (AvgIpc) is 3.08. The van der Waals surface area contributed by atoms with E-state index in [2.05, 4.69) is 19.7 Å². The van der Waals surface area contributed by atoms with Crippen molar-refractivity contribution in [2.45, 2.75) is 6.92 Å². The lowest BCUT2D eigenvalue weighted by molar-refractivity contribution is 0.102. The zero-order valence-corrected chi connectivity index (χ0v) is 13.7.